The van der Waals surface area contributed by atoms with Gasteiger partial charge in [-0.1, -0.05) is 54.6 Å². The average Bonchev–Trinajstić information content (AvgIpc) is 2.98. The molecule has 0 bridgehead atoms. The molecule has 1 fully saturated rings. The highest BCUT2D eigenvalue weighted by atomic mass is 19.1. The zero-order valence-electron chi connectivity index (χ0n) is 21.3. The molecule has 1 saturated heterocycles. The van der Waals surface area contributed by atoms with Crippen LogP contribution in [0.4, 0.5) is 10.2 Å². The zero-order chi connectivity index (χ0) is 26.6. The highest BCUT2D eigenvalue weighted by molar-refractivity contribution is 5.91. The first-order valence-electron chi connectivity index (χ1n) is 13.0. The van der Waals surface area contributed by atoms with Crippen LogP contribution in [0.25, 0.3) is 33.3 Å². The number of hydrogen-bond acceptors (Lipinski definition) is 7. The van der Waals surface area contributed by atoms with Gasteiger partial charge in [-0.15, -0.1) is 0 Å². The van der Waals surface area contributed by atoms with Crippen LogP contribution < -0.4 is 5.32 Å². The van der Waals surface area contributed by atoms with E-state index >= 15 is 0 Å². The molecule has 7 nitrogen and oxygen atoms in total. The molecule has 0 aliphatic carbocycles. The SMILES string of the molecule is N#Cc1nccc(NC2CCN(Cc3ccc(-c4nc5cnc(F)cc5cc4-c4ccccc4)cc3)CC2)n1. The molecule has 0 saturated carbocycles. The largest absolute Gasteiger partial charge is 0.367 e. The maximum absolute atomic E-state index is 13.8. The molecule has 39 heavy (non-hydrogen) atoms. The standard InChI is InChI=1S/C31H26FN7/c32-28-17-24-16-26(22-4-2-1-3-5-22)31(37-27(24)19-35-28)23-8-6-21(7-9-23)20-39-14-11-25(12-15-39)36-29-10-13-34-30(18-33)38-29/h1-10,13,16-17,19,25H,11-12,14-15,20H2,(H,34,36,38). The van der Waals surface area contributed by atoms with Crippen LogP contribution in [-0.4, -0.2) is 44.0 Å². The van der Waals surface area contributed by atoms with Crippen molar-refractivity contribution in [2.75, 3.05) is 18.4 Å². The Hall–Kier alpha value is -4.74. The van der Waals surface area contributed by atoms with Gasteiger partial charge >= 0.3 is 0 Å². The number of halogens is 1. The molecule has 0 atom stereocenters. The molecule has 2 aromatic carbocycles. The molecule has 1 N–H and O–H groups in total. The number of anilines is 1. The Labute approximate surface area is 226 Å². The third-order valence-electron chi connectivity index (χ3n) is 7.08. The Morgan fingerprint density at radius 1 is 0.923 bits per heavy atom. The van der Waals surface area contributed by atoms with Crippen LogP contribution >= 0.6 is 0 Å². The van der Waals surface area contributed by atoms with Crippen LogP contribution in [-0.2, 0) is 6.54 Å². The monoisotopic (exact) mass is 515 g/mol. The number of likely N-dealkylation sites (tertiary alicyclic amines) is 1. The van der Waals surface area contributed by atoms with E-state index in [9.17, 15) is 4.39 Å². The highest BCUT2D eigenvalue weighted by Crippen LogP contribution is 2.33. The third kappa shape index (κ3) is 5.59. The van der Waals surface area contributed by atoms with E-state index in [-0.39, 0.29) is 5.82 Å². The summed E-state index contributed by atoms with van der Waals surface area (Å²) in [4.78, 5) is 19.3. The topological polar surface area (TPSA) is 90.6 Å². The number of pyridine rings is 2. The molecule has 6 rings (SSSR count). The van der Waals surface area contributed by atoms with Gasteiger partial charge in [0.15, 0.2) is 0 Å². The van der Waals surface area contributed by atoms with Gasteiger partial charge in [-0.3, -0.25) is 4.90 Å². The molecule has 8 heteroatoms. The lowest BCUT2D eigenvalue weighted by molar-refractivity contribution is 0.211. The van der Waals surface area contributed by atoms with Gasteiger partial charge in [-0.25, -0.2) is 19.9 Å². The third-order valence-corrected chi connectivity index (χ3v) is 7.08. The van der Waals surface area contributed by atoms with Crippen molar-refractivity contribution in [1.29, 1.82) is 5.26 Å². The summed E-state index contributed by atoms with van der Waals surface area (Å²) in [5, 5.41) is 13.2. The fourth-order valence-electron chi connectivity index (χ4n) is 5.07. The van der Waals surface area contributed by atoms with E-state index in [4.69, 9.17) is 10.2 Å². The number of aromatic nitrogens is 4. The summed E-state index contributed by atoms with van der Waals surface area (Å²) in [6.45, 7) is 2.83. The van der Waals surface area contributed by atoms with Crippen molar-refractivity contribution < 1.29 is 4.39 Å². The fraction of sp³-hybridized carbons (Fsp3) is 0.194. The minimum Gasteiger partial charge on any atom is -0.367 e. The van der Waals surface area contributed by atoms with Gasteiger partial charge in [-0.05, 0) is 36.1 Å². The van der Waals surface area contributed by atoms with Gasteiger partial charge in [0.05, 0.1) is 17.4 Å². The average molecular weight is 516 g/mol. The van der Waals surface area contributed by atoms with Crippen LogP contribution in [0.2, 0.25) is 0 Å². The van der Waals surface area contributed by atoms with Gasteiger partial charge in [0.1, 0.15) is 11.9 Å². The molecule has 192 valence electrons. The first kappa shape index (κ1) is 24.6. The Bertz CT molecular complexity index is 1640. The second-order valence-corrected chi connectivity index (χ2v) is 9.72. The molecular formula is C31H26FN7. The highest BCUT2D eigenvalue weighted by Gasteiger charge is 2.20. The molecule has 1 aliphatic rings. The maximum Gasteiger partial charge on any atom is 0.234 e. The van der Waals surface area contributed by atoms with Gasteiger partial charge in [-0.2, -0.15) is 9.65 Å². The van der Waals surface area contributed by atoms with E-state index in [1.807, 2.05) is 42.5 Å². The van der Waals surface area contributed by atoms with Crippen LogP contribution in [0.5, 0.6) is 0 Å². The quantitative estimate of drug-likeness (QED) is 0.284. The summed E-state index contributed by atoms with van der Waals surface area (Å²) < 4.78 is 13.8. The summed E-state index contributed by atoms with van der Waals surface area (Å²) in [5.74, 6) is 0.372. The van der Waals surface area contributed by atoms with Crippen LogP contribution in [0.15, 0.2) is 85.2 Å². The van der Waals surface area contributed by atoms with E-state index in [0.29, 0.717) is 17.4 Å². The van der Waals surface area contributed by atoms with E-state index < -0.39 is 5.95 Å². The number of nitrogens with zero attached hydrogens (tertiary/aromatic N) is 6. The van der Waals surface area contributed by atoms with Gasteiger partial charge in [0, 0.05) is 54.5 Å². The number of hydrogen-bond donors (Lipinski definition) is 1. The van der Waals surface area contributed by atoms with E-state index in [1.54, 1.807) is 12.3 Å². The smallest absolute Gasteiger partial charge is 0.234 e. The lowest BCUT2D eigenvalue weighted by atomic mass is 9.97. The lowest BCUT2D eigenvalue weighted by Gasteiger charge is -2.32. The molecule has 4 heterocycles. The normalized spacial score (nSPS) is 14.3. The first-order valence-corrected chi connectivity index (χ1v) is 13.0. The van der Waals surface area contributed by atoms with Crippen molar-refractivity contribution in [3.63, 3.8) is 0 Å². The van der Waals surface area contributed by atoms with Crippen molar-refractivity contribution in [2.24, 2.45) is 0 Å². The minimum atomic E-state index is -0.512. The zero-order valence-corrected chi connectivity index (χ0v) is 21.3. The predicted octanol–water partition coefficient (Wildman–Crippen LogP) is 5.84. The van der Waals surface area contributed by atoms with Crippen LogP contribution in [0.3, 0.4) is 0 Å². The van der Waals surface area contributed by atoms with E-state index in [2.05, 4.69) is 49.4 Å². The molecule has 3 aromatic heterocycles. The number of nitrogens with one attached hydrogen (secondary N) is 1. The van der Waals surface area contributed by atoms with E-state index in [0.717, 1.165) is 60.2 Å². The molecule has 0 radical (unpaired) electrons. The van der Waals surface area contributed by atoms with Crippen molar-refractivity contribution >= 4 is 16.7 Å². The molecular weight excluding hydrogens is 489 g/mol. The van der Waals surface area contributed by atoms with Crippen LogP contribution in [0, 0.1) is 17.3 Å². The number of nitriles is 1. The Kier molecular flexibility index (Phi) is 6.89. The summed E-state index contributed by atoms with van der Waals surface area (Å²) in [6, 6.07) is 26.1. The molecule has 1 aliphatic heterocycles. The molecule has 5 aromatic rings. The summed E-state index contributed by atoms with van der Waals surface area (Å²) in [6.07, 6.45) is 5.10. The van der Waals surface area contributed by atoms with E-state index in [1.165, 1.54) is 17.8 Å². The summed E-state index contributed by atoms with van der Waals surface area (Å²) in [5.41, 5.74) is 5.76. The minimum absolute atomic E-state index is 0.182. The number of benzene rings is 2. The summed E-state index contributed by atoms with van der Waals surface area (Å²) in [7, 11) is 0. The maximum atomic E-state index is 13.8. The first-order chi connectivity index (χ1) is 19.1. The van der Waals surface area contributed by atoms with Crippen molar-refractivity contribution in [2.45, 2.75) is 25.4 Å². The molecule has 0 amide bonds. The Morgan fingerprint density at radius 3 is 2.49 bits per heavy atom. The van der Waals surface area contributed by atoms with Crippen molar-refractivity contribution in [3.8, 4) is 28.5 Å². The predicted molar refractivity (Wildman–Crippen MR) is 149 cm³/mol. The summed E-state index contributed by atoms with van der Waals surface area (Å²) >= 11 is 0. The van der Waals surface area contributed by atoms with Gasteiger partial charge in [0.2, 0.25) is 11.8 Å². The van der Waals surface area contributed by atoms with Gasteiger partial charge < -0.3 is 5.32 Å². The van der Waals surface area contributed by atoms with Gasteiger partial charge in [0.25, 0.3) is 0 Å². The lowest BCUT2D eigenvalue weighted by Crippen LogP contribution is -2.38. The Morgan fingerprint density at radius 2 is 1.72 bits per heavy atom. The van der Waals surface area contributed by atoms with Crippen molar-refractivity contribution in [1.82, 2.24) is 24.8 Å². The molecule has 0 unspecified atom stereocenters. The number of rotatable bonds is 6. The van der Waals surface area contributed by atoms with Crippen LogP contribution in [0.1, 0.15) is 24.2 Å². The van der Waals surface area contributed by atoms with Crippen molar-refractivity contribution in [3.05, 3.63) is 103 Å². The second-order valence-electron chi connectivity index (χ2n) is 9.72. The Balaban J connectivity index is 1.16. The molecule has 0 spiro atoms. The number of piperidine rings is 1. The second kappa shape index (κ2) is 10.9. The number of fused-ring (bicyclic) bond motifs is 1. The fourth-order valence-corrected chi connectivity index (χ4v) is 5.07.